The van der Waals surface area contributed by atoms with Gasteiger partial charge in [-0.25, -0.2) is 19.3 Å². The molecule has 1 unspecified atom stereocenters. The van der Waals surface area contributed by atoms with Gasteiger partial charge in [0.1, 0.15) is 11.3 Å². The van der Waals surface area contributed by atoms with Crippen molar-refractivity contribution in [3.8, 4) is 22.8 Å². The number of nitrogens with zero attached hydrogens (tertiary/aromatic N) is 4. The van der Waals surface area contributed by atoms with Crippen LogP contribution in [0.5, 0.6) is 5.75 Å². The maximum atomic E-state index is 14.0. The molecule has 0 saturated heterocycles. The number of imidazole rings is 1. The van der Waals surface area contributed by atoms with Crippen molar-refractivity contribution in [3.05, 3.63) is 90.5 Å². The Hall–Kier alpha value is -4.50. The lowest BCUT2D eigenvalue weighted by atomic mass is 10.1. The number of aliphatic hydroxyl groups excluding tert-OH is 1. The van der Waals surface area contributed by atoms with E-state index >= 15 is 0 Å². The van der Waals surface area contributed by atoms with Gasteiger partial charge in [-0.2, -0.15) is 0 Å². The number of nitrogens with two attached hydrogens (primary N) is 1. The van der Waals surface area contributed by atoms with Gasteiger partial charge in [0.05, 0.1) is 12.7 Å². The summed E-state index contributed by atoms with van der Waals surface area (Å²) in [6.45, 7) is 0. The predicted molar refractivity (Wildman–Crippen MR) is 128 cm³/mol. The van der Waals surface area contributed by atoms with Crippen LogP contribution in [0.15, 0.2) is 79.1 Å². The summed E-state index contributed by atoms with van der Waals surface area (Å²) in [5.41, 5.74) is 10.0. The standard InChI is InChI=1S/C25H21FN6O2/c1-34-21-11-8-16(14-19(21)26)30-25(33)15-6-9-17(10-7-15)32-23(18-4-2-12-28-22(18)27)31-20-5-3-13-29-24(20)32/h2-14,25,30,33H,1H3,(H2,27,28). The number of rotatable bonds is 6. The van der Waals surface area contributed by atoms with E-state index in [1.54, 1.807) is 36.7 Å². The van der Waals surface area contributed by atoms with Crippen molar-refractivity contribution < 1.29 is 14.2 Å². The van der Waals surface area contributed by atoms with Crippen LogP contribution in [0.4, 0.5) is 15.9 Å². The summed E-state index contributed by atoms with van der Waals surface area (Å²) >= 11 is 0. The summed E-state index contributed by atoms with van der Waals surface area (Å²) in [6.07, 6.45) is 2.28. The van der Waals surface area contributed by atoms with Gasteiger partial charge in [0.2, 0.25) is 0 Å². The predicted octanol–water partition coefficient (Wildman–Crippen LogP) is 4.32. The van der Waals surface area contributed by atoms with Gasteiger partial charge in [0.25, 0.3) is 0 Å². The quantitative estimate of drug-likeness (QED) is 0.326. The molecular weight excluding hydrogens is 435 g/mol. The number of benzene rings is 2. The summed E-state index contributed by atoms with van der Waals surface area (Å²) in [4.78, 5) is 13.4. The molecule has 3 heterocycles. The molecule has 5 aromatic rings. The Labute approximate surface area is 194 Å². The lowest BCUT2D eigenvalue weighted by molar-refractivity contribution is 0.208. The number of halogens is 1. The number of fused-ring (bicyclic) bond motifs is 1. The fraction of sp³-hybridized carbons (Fsp3) is 0.0800. The number of anilines is 2. The van der Waals surface area contributed by atoms with Crippen molar-refractivity contribution in [2.24, 2.45) is 0 Å². The molecule has 3 aromatic heterocycles. The number of hydrogen-bond donors (Lipinski definition) is 3. The Bertz CT molecular complexity index is 1470. The molecule has 8 nitrogen and oxygen atoms in total. The molecule has 0 aliphatic heterocycles. The first-order chi connectivity index (χ1) is 16.5. The largest absolute Gasteiger partial charge is 0.494 e. The lowest BCUT2D eigenvalue weighted by Crippen LogP contribution is -2.10. The van der Waals surface area contributed by atoms with Gasteiger partial charge in [-0.1, -0.05) is 12.1 Å². The molecule has 0 fully saturated rings. The van der Waals surface area contributed by atoms with Crippen molar-refractivity contribution in [2.75, 3.05) is 18.2 Å². The molecule has 0 aliphatic carbocycles. The number of aromatic nitrogens is 4. The molecule has 2 aromatic carbocycles. The van der Waals surface area contributed by atoms with Gasteiger partial charge >= 0.3 is 0 Å². The number of nitrogen functional groups attached to an aromatic ring is 1. The average Bonchev–Trinajstić information content (AvgIpc) is 3.24. The second-order valence-electron chi connectivity index (χ2n) is 7.54. The highest BCUT2D eigenvalue weighted by atomic mass is 19.1. The number of hydrogen-bond acceptors (Lipinski definition) is 7. The first kappa shape index (κ1) is 21.4. The third kappa shape index (κ3) is 3.89. The minimum absolute atomic E-state index is 0.135. The first-order valence-corrected chi connectivity index (χ1v) is 10.5. The zero-order valence-electron chi connectivity index (χ0n) is 18.2. The maximum absolute atomic E-state index is 14.0. The van der Waals surface area contributed by atoms with Gasteiger partial charge < -0.3 is 20.9 Å². The van der Waals surface area contributed by atoms with E-state index in [1.807, 2.05) is 34.9 Å². The number of nitrogens with one attached hydrogen (secondary N) is 1. The van der Waals surface area contributed by atoms with Gasteiger partial charge in [-0.15, -0.1) is 0 Å². The minimum Gasteiger partial charge on any atom is -0.494 e. The molecule has 9 heteroatoms. The van der Waals surface area contributed by atoms with Crippen molar-refractivity contribution in [1.82, 2.24) is 19.5 Å². The first-order valence-electron chi connectivity index (χ1n) is 10.5. The summed E-state index contributed by atoms with van der Waals surface area (Å²) in [5.74, 6) is 0.591. The Morgan fingerprint density at radius 1 is 1.03 bits per heavy atom. The van der Waals surface area contributed by atoms with Crippen LogP contribution in [-0.4, -0.2) is 31.7 Å². The van der Waals surface area contributed by atoms with E-state index in [0.717, 1.165) is 5.69 Å². The molecule has 0 saturated carbocycles. The summed E-state index contributed by atoms with van der Waals surface area (Å²) in [6, 6.07) is 19.0. The summed E-state index contributed by atoms with van der Waals surface area (Å²) < 4.78 is 20.8. The summed E-state index contributed by atoms with van der Waals surface area (Å²) in [5, 5.41) is 13.5. The highest BCUT2D eigenvalue weighted by molar-refractivity contribution is 5.82. The van der Waals surface area contributed by atoms with Crippen molar-refractivity contribution in [3.63, 3.8) is 0 Å². The highest BCUT2D eigenvalue weighted by Gasteiger charge is 2.18. The number of methoxy groups -OCH3 is 1. The Balaban J connectivity index is 1.49. The van der Waals surface area contributed by atoms with Crippen LogP contribution in [0, 0.1) is 5.82 Å². The van der Waals surface area contributed by atoms with Crippen LogP contribution >= 0.6 is 0 Å². The fourth-order valence-electron chi connectivity index (χ4n) is 3.75. The molecule has 0 aliphatic rings. The van der Waals surface area contributed by atoms with E-state index in [1.165, 1.54) is 19.2 Å². The Morgan fingerprint density at radius 2 is 1.79 bits per heavy atom. The molecule has 4 N–H and O–H groups in total. The Morgan fingerprint density at radius 3 is 2.53 bits per heavy atom. The molecule has 5 rings (SSSR count). The number of aliphatic hydroxyl groups is 1. The van der Waals surface area contributed by atoms with Gasteiger partial charge in [0.15, 0.2) is 29.3 Å². The average molecular weight is 456 g/mol. The van der Waals surface area contributed by atoms with Crippen LogP contribution in [0.3, 0.4) is 0 Å². The SMILES string of the molecule is COc1ccc(NC(O)c2ccc(-n3c(-c4cccnc4N)nc4cccnc43)cc2)cc1F. The lowest BCUT2D eigenvalue weighted by Gasteiger charge is -2.16. The molecular formula is C25H21FN6O2. The summed E-state index contributed by atoms with van der Waals surface area (Å²) in [7, 11) is 1.40. The molecule has 0 radical (unpaired) electrons. The van der Waals surface area contributed by atoms with E-state index in [0.29, 0.717) is 39.6 Å². The third-order valence-electron chi connectivity index (χ3n) is 5.42. The van der Waals surface area contributed by atoms with Crippen LogP contribution in [-0.2, 0) is 0 Å². The molecule has 0 bridgehead atoms. The van der Waals surface area contributed by atoms with Gasteiger partial charge in [-0.3, -0.25) is 4.57 Å². The smallest absolute Gasteiger partial charge is 0.167 e. The molecule has 170 valence electrons. The van der Waals surface area contributed by atoms with Crippen molar-refractivity contribution >= 4 is 22.7 Å². The molecule has 0 spiro atoms. The van der Waals surface area contributed by atoms with E-state index in [-0.39, 0.29) is 5.75 Å². The molecule has 34 heavy (non-hydrogen) atoms. The topological polar surface area (TPSA) is 111 Å². The fourth-order valence-corrected chi connectivity index (χ4v) is 3.75. The van der Waals surface area contributed by atoms with Crippen LogP contribution in [0.2, 0.25) is 0 Å². The highest BCUT2D eigenvalue weighted by Crippen LogP contribution is 2.31. The molecule has 1 atom stereocenters. The van der Waals surface area contributed by atoms with E-state index in [2.05, 4.69) is 15.3 Å². The van der Waals surface area contributed by atoms with Crippen LogP contribution < -0.4 is 15.8 Å². The maximum Gasteiger partial charge on any atom is 0.167 e. The second-order valence-corrected chi connectivity index (χ2v) is 7.54. The van der Waals surface area contributed by atoms with Crippen molar-refractivity contribution in [1.29, 1.82) is 0 Å². The normalized spacial score (nSPS) is 12.0. The minimum atomic E-state index is -1.05. The van der Waals surface area contributed by atoms with E-state index in [4.69, 9.17) is 15.5 Å². The number of pyridine rings is 2. The monoisotopic (exact) mass is 456 g/mol. The zero-order chi connectivity index (χ0) is 23.7. The van der Waals surface area contributed by atoms with Crippen LogP contribution in [0.1, 0.15) is 11.8 Å². The molecule has 0 amide bonds. The van der Waals surface area contributed by atoms with Crippen LogP contribution in [0.25, 0.3) is 28.2 Å². The van der Waals surface area contributed by atoms with Gasteiger partial charge in [0, 0.05) is 35.4 Å². The zero-order valence-corrected chi connectivity index (χ0v) is 18.2. The van der Waals surface area contributed by atoms with Crippen molar-refractivity contribution in [2.45, 2.75) is 6.23 Å². The van der Waals surface area contributed by atoms with E-state index < -0.39 is 12.0 Å². The Kier molecular flexibility index (Phi) is 5.52. The third-order valence-corrected chi connectivity index (χ3v) is 5.42. The second kappa shape index (κ2) is 8.80. The van der Waals surface area contributed by atoms with Gasteiger partial charge in [-0.05, 0) is 48.5 Å². The number of ether oxygens (including phenoxy) is 1. The van der Waals surface area contributed by atoms with E-state index in [9.17, 15) is 9.50 Å².